The summed E-state index contributed by atoms with van der Waals surface area (Å²) in [6, 6.07) is 9.35. The second-order valence-corrected chi connectivity index (χ2v) is 5.54. The van der Waals surface area contributed by atoms with E-state index in [0.29, 0.717) is 20.8 Å². The summed E-state index contributed by atoms with van der Waals surface area (Å²) >= 11 is 9.28. The zero-order chi connectivity index (χ0) is 14.7. The van der Waals surface area contributed by atoms with E-state index in [1.807, 2.05) is 0 Å². The van der Waals surface area contributed by atoms with Crippen LogP contribution in [0.3, 0.4) is 0 Å². The molecule has 0 aliphatic carbocycles. The third kappa shape index (κ3) is 3.30. The molecule has 0 amide bonds. The van der Waals surface area contributed by atoms with Crippen LogP contribution in [0.2, 0.25) is 5.02 Å². The quantitative estimate of drug-likeness (QED) is 0.645. The second-order valence-electron chi connectivity index (χ2n) is 4.19. The molecule has 1 unspecified atom stereocenters. The van der Waals surface area contributed by atoms with Gasteiger partial charge >= 0.3 is 0 Å². The number of nitrogens with one attached hydrogen (secondary N) is 1. The highest BCUT2D eigenvalue weighted by atomic mass is 79.9. The van der Waals surface area contributed by atoms with Gasteiger partial charge in [0.2, 0.25) is 0 Å². The van der Waals surface area contributed by atoms with E-state index < -0.39 is 6.04 Å². The number of halogens is 3. The van der Waals surface area contributed by atoms with Crippen molar-refractivity contribution in [1.82, 2.24) is 5.43 Å². The van der Waals surface area contributed by atoms with Crippen molar-refractivity contribution >= 4 is 27.5 Å². The van der Waals surface area contributed by atoms with Crippen molar-refractivity contribution in [2.24, 2.45) is 5.84 Å². The molecular formula is C14H13BrClFN2O. The normalized spacial score (nSPS) is 12.2. The highest BCUT2D eigenvalue weighted by molar-refractivity contribution is 9.10. The van der Waals surface area contributed by atoms with Crippen molar-refractivity contribution in [1.29, 1.82) is 0 Å². The summed E-state index contributed by atoms with van der Waals surface area (Å²) in [5.41, 5.74) is 4.07. The third-order valence-corrected chi connectivity index (χ3v) is 3.58. The molecule has 0 bridgehead atoms. The molecule has 1 atom stereocenters. The Morgan fingerprint density at radius 2 is 2.05 bits per heavy atom. The summed E-state index contributed by atoms with van der Waals surface area (Å²) in [6.45, 7) is 0. The van der Waals surface area contributed by atoms with Crippen LogP contribution in [0.25, 0.3) is 0 Å². The molecule has 0 heterocycles. The average Bonchev–Trinajstić information content (AvgIpc) is 2.39. The maximum Gasteiger partial charge on any atom is 0.124 e. The maximum atomic E-state index is 13.5. The predicted octanol–water partition coefficient (Wildman–Crippen LogP) is 3.80. The lowest BCUT2D eigenvalue weighted by Gasteiger charge is -2.20. The van der Waals surface area contributed by atoms with E-state index >= 15 is 0 Å². The van der Waals surface area contributed by atoms with E-state index in [9.17, 15) is 4.39 Å². The highest BCUT2D eigenvalue weighted by Gasteiger charge is 2.18. The average molecular weight is 360 g/mol. The molecule has 2 rings (SSSR count). The Balaban J connectivity index is 2.54. The van der Waals surface area contributed by atoms with Crippen LogP contribution in [0, 0.1) is 5.82 Å². The van der Waals surface area contributed by atoms with Crippen LogP contribution in [0.1, 0.15) is 17.2 Å². The maximum absolute atomic E-state index is 13.5. The van der Waals surface area contributed by atoms with Crippen molar-refractivity contribution in [3.05, 3.63) is 62.8 Å². The van der Waals surface area contributed by atoms with Gasteiger partial charge in [0.25, 0.3) is 0 Å². The molecule has 0 aliphatic rings. The fraction of sp³-hybridized carbons (Fsp3) is 0.143. The standard InChI is InChI=1S/C14H13BrClFN2O/c1-20-13-3-2-10(16)7-12(13)14(19-18)8-4-9(15)6-11(17)5-8/h2-7,14,19H,18H2,1H3. The first-order valence-electron chi connectivity index (χ1n) is 5.80. The summed E-state index contributed by atoms with van der Waals surface area (Å²) in [4.78, 5) is 0. The van der Waals surface area contributed by atoms with Gasteiger partial charge in [-0.25, -0.2) is 9.82 Å². The van der Waals surface area contributed by atoms with Crippen molar-refractivity contribution in [2.75, 3.05) is 7.11 Å². The molecule has 0 radical (unpaired) electrons. The van der Waals surface area contributed by atoms with Gasteiger partial charge in [0.1, 0.15) is 11.6 Å². The highest BCUT2D eigenvalue weighted by Crippen LogP contribution is 2.33. The van der Waals surface area contributed by atoms with Crippen LogP contribution in [-0.4, -0.2) is 7.11 Å². The summed E-state index contributed by atoms with van der Waals surface area (Å²) in [7, 11) is 1.56. The number of hydrazine groups is 1. The van der Waals surface area contributed by atoms with Gasteiger partial charge in [-0.2, -0.15) is 0 Å². The molecule has 2 aromatic carbocycles. The monoisotopic (exact) mass is 358 g/mol. The van der Waals surface area contributed by atoms with Crippen LogP contribution in [0.15, 0.2) is 40.9 Å². The van der Waals surface area contributed by atoms with Crippen molar-refractivity contribution in [2.45, 2.75) is 6.04 Å². The van der Waals surface area contributed by atoms with E-state index in [4.69, 9.17) is 22.2 Å². The molecule has 0 fully saturated rings. The predicted molar refractivity (Wildman–Crippen MR) is 81.3 cm³/mol. The van der Waals surface area contributed by atoms with E-state index in [1.54, 1.807) is 31.4 Å². The van der Waals surface area contributed by atoms with Gasteiger partial charge in [0, 0.05) is 15.1 Å². The molecule has 3 nitrogen and oxygen atoms in total. The molecule has 2 aromatic rings. The molecule has 106 valence electrons. The van der Waals surface area contributed by atoms with Crippen LogP contribution in [0.5, 0.6) is 5.75 Å². The lowest BCUT2D eigenvalue weighted by molar-refractivity contribution is 0.404. The fourth-order valence-corrected chi connectivity index (χ4v) is 2.70. The Morgan fingerprint density at radius 1 is 1.30 bits per heavy atom. The number of methoxy groups -OCH3 is 1. The summed E-state index contributed by atoms with van der Waals surface area (Å²) in [5, 5.41) is 0.552. The van der Waals surface area contributed by atoms with E-state index in [2.05, 4.69) is 21.4 Å². The first-order chi connectivity index (χ1) is 9.55. The lowest BCUT2D eigenvalue weighted by Crippen LogP contribution is -2.29. The zero-order valence-corrected chi connectivity index (χ0v) is 13.0. The first-order valence-corrected chi connectivity index (χ1v) is 6.98. The van der Waals surface area contributed by atoms with Gasteiger partial charge < -0.3 is 4.74 Å². The largest absolute Gasteiger partial charge is 0.496 e. The molecule has 0 aliphatic heterocycles. The van der Waals surface area contributed by atoms with Gasteiger partial charge in [-0.3, -0.25) is 5.84 Å². The molecule has 0 spiro atoms. The Labute approximate surface area is 130 Å². The van der Waals surface area contributed by atoms with Crippen LogP contribution in [-0.2, 0) is 0 Å². The number of benzene rings is 2. The van der Waals surface area contributed by atoms with Gasteiger partial charge in [-0.15, -0.1) is 0 Å². The third-order valence-electron chi connectivity index (χ3n) is 2.89. The van der Waals surface area contributed by atoms with Crippen molar-refractivity contribution in [3.63, 3.8) is 0 Å². The molecule has 0 saturated carbocycles. The SMILES string of the molecule is COc1ccc(Cl)cc1C(NN)c1cc(F)cc(Br)c1. The van der Waals surface area contributed by atoms with E-state index in [0.717, 1.165) is 5.56 Å². The topological polar surface area (TPSA) is 47.3 Å². The Kier molecular flexibility index (Phi) is 4.99. The number of rotatable bonds is 4. The minimum absolute atomic E-state index is 0.351. The molecule has 3 N–H and O–H groups in total. The smallest absolute Gasteiger partial charge is 0.124 e. The Bertz CT molecular complexity index is 604. The molecule has 0 aromatic heterocycles. The zero-order valence-electron chi connectivity index (χ0n) is 10.7. The minimum atomic E-state index is -0.435. The Hall–Kier alpha value is -1.14. The fourth-order valence-electron chi connectivity index (χ4n) is 2.04. The van der Waals surface area contributed by atoms with Crippen LogP contribution < -0.4 is 16.0 Å². The van der Waals surface area contributed by atoms with E-state index in [1.165, 1.54) is 12.1 Å². The Morgan fingerprint density at radius 3 is 2.65 bits per heavy atom. The number of hydrogen-bond acceptors (Lipinski definition) is 3. The van der Waals surface area contributed by atoms with Gasteiger partial charge in [0.05, 0.1) is 13.2 Å². The van der Waals surface area contributed by atoms with Gasteiger partial charge in [-0.1, -0.05) is 27.5 Å². The summed E-state index contributed by atoms with van der Waals surface area (Å²) in [6.07, 6.45) is 0. The van der Waals surface area contributed by atoms with Crippen molar-refractivity contribution in [3.8, 4) is 5.75 Å². The van der Waals surface area contributed by atoms with Crippen LogP contribution in [0.4, 0.5) is 4.39 Å². The molecule has 20 heavy (non-hydrogen) atoms. The number of ether oxygens (including phenoxy) is 1. The second kappa shape index (κ2) is 6.54. The van der Waals surface area contributed by atoms with E-state index in [-0.39, 0.29) is 5.82 Å². The molecule has 6 heteroatoms. The van der Waals surface area contributed by atoms with Gasteiger partial charge in [0.15, 0.2) is 0 Å². The molecular weight excluding hydrogens is 347 g/mol. The minimum Gasteiger partial charge on any atom is -0.496 e. The number of nitrogens with two attached hydrogens (primary N) is 1. The first kappa shape index (κ1) is 15.3. The van der Waals surface area contributed by atoms with Crippen LogP contribution >= 0.6 is 27.5 Å². The lowest BCUT2D eigenvalue weighted by atomic mass is 9.98. The number of hydrogen-bond donors (Lipinski definition) is 2. The summed E-state index contributed by atoms with van der Waals surface area (Å²) in [5.74, 6) is 5.90. The van der Waals surface area contributed by atoms with Gasteiger partial charge in [-0.05, 0) is 42.0 Å². The summed E-state index contributed by atoms with van der Waals surface area (Å²) < 4.78 is 19.5. The molecule has 0 saturated heterocycles. The van der Waals surface area contributed by atoms with Crippen molar-refractivity contribution < 1.29 is 9.13 Å².